The van der Waals surface area contributed by atoms with Crippen LogP contribution in [0, 0.1) is 5.82 Å². The van der Waals surface area contributed by atoms with E-state index in [4.69, 9.17) is 0 Å². The van der Waals surface area contributed by atoms with E-state index in [1.54, 1.807) is 17.0 Å². The Morgan fingerprint density at radius 3 is 2.74 bits per heavy atom. The van der Waals surface area contributed by atoms with E-state index in [1.165, 1.54) is 6.07 Å². The molecule has 3 aliphatic rings. The number of hydrogen-bond donors (Lipinski definition) is 0. The van der Waals surface area contributed by atoms with Crippen molar-refractivity contribution in [2.24, 2.45) is 0 Å². The molecule has 5 nitrogen and oxygen atoms in total. The largest absolute Gasteiger partial charge is 0.364 e. The highest BCUT2D eigenvalue weighted by Crippen LogP contribution is 2.47. The summed E-state index contributed by atoms with van der Waals surface area (Å²) in [5.41, 5.74) is 0.474. The van der Waals surface area contributed by atoms with Crippen LogP contribution in [0.5, 0.6) is 0 Å². The average Bonchev–Trinajstić information content (AvgIpc) is 3.26. The van der Waals surface area contributed by atoms with Gasteiger partial charge in [0.2, 0.25) is 11.8 Å². The van der Waals surface area contributed by atoms with Crippen LogP contribution in [0.15, 0.2) is 24.3 Å². The van der Waals surface area contributed by atoms with Crippen LogP contribution in [0.1, 0.15) is 46.0 Å². The normalized spacial score (nSPS) is 27.2. The van der Waals surface area contributed by atoms with Crippen LogP contribution in [0.2, 0.25) is 0 Å². The molecular formula is C21H28FN3O2. The first kappa shape index (κ1) is 18.3. The van der Waals surface area contributed by atoms with Gasteiger partial charge in [-0.05, 0) is 57.7 Å². The molecule has 1 atom stereocenters. The zero-order chi connectivity index (χ0) is 19.2. The quantitative estimate of drug-likeness (QED) is 0.818. The highest BCUT2D eigenvalue weighted by molar-refractivity contribution is 5.86. The van der Waals surface area contributed by atoms with E-state index in [0.717, 1.165) is 37.9 Å². The van der Waals surface area contributed by atoms with E-state index in [2.05, 4.69) is 18.7 Å². The van der Waals surface area contributed by atoms with Crippen LogP contribution in [0.3, 0.4) is 0 Å². The minimum Gasteiger partial charge on any atom is -0.364 e. The maximum atomic E-state index is 13.8. The Hall–Kier alpha value is -2.11. The molecule has 6 heteroatoms. The minimum atomic E-state index is -0.240. The minimum absolute atomic E-state index is 0.0552. The summed E-state index contributed by atoms with van der Waals surface area (Å²) >= 11 is 0. The molecule has 3 saturated heterocycles. The monoisotopic (exact) mass is 373 g/mol. The lowest BCUT2D eigenvalue weighted by Crippen LogP contribution is -2.52. The van der Waals surface area contributed by atoms with Gasteiger partial charge in [-0.3, -0.25) is 9.59 Å². The SMILES string of the molecule is CC1(C)CC2(CCCN2C(=O)CN2CCCC2=O)CN1c1cccc(F)c1. The maximum Gasteiger partial charge on any atom is 0.242 e. The van der Waals surface area contributed by atoms with Gasteiger partial charge >= 0.3 is 0 Å². The van der Waals surface area contributed by atoms with E-state index in [0.29, 0.717) is 19.5 Å². The summed E-state index contributed by atoms with van der Waals surface area (Å²) in [5.74, 6) is -0.0967. The number of carbonyl (C=O) groups excluding carboxylic acids is 2. The number of rotatable bonds is 3. The summed E-state index contributed by atoms with van der Waals surface area (Å²) in [7, 11) is 0. The van der Waals surface area contributed by atoms with Crippen molar-refractivity contribution in [2.75, 3.05) is 31.1 Å². The second kappa shape index (κ2) is 6.50. The van der Waals surface area contributed by atoms with Crippen LogP contribution in [-0.2, 0) is 9.59 Å². The molecule has 1 unspecified atom stereocenters. The van der Waals surface area contributed by atoms with Gasteiger partial charge < -0.3 is 14.7 Å². The molecular weight excluding hydrogens is 345 g/mol. The number of nitrogens with zero attached hydrogens (tertiary/aromatic N) is 3. The Kier molecular flexibility index (Phi) is 4.40. The van der Waals surface area contributed by atoms with E-state index in [1.807, 2.05) is 11.0 Å². The van der Waals surface area contributed by atoms with Gasteiger partial charge in [0, 0.05) is 37.3 Å². The van der Waals surface area contributed by atoms with Crippen LogP contribution < -0.4 is 4.90 Å². The molecule has 1 aromatic carbocycles. The molecule has 146 valence electrons. The predicted octanol–water partition coefficient (Wildman–Crippen LogP) is 2.80. The van der Waals surface area contributed by atoms with E-state index >= 15 is 0 Å². The first-order valence-electron chi connectivity index (χ1n) is 9.92. The second-order valence-corrected chi connectivity index (χ2v) is 8.85. The molecule has 2 amide bonds. The van der Waals surface area contributed by atoms with E-state index in [9.17, 15) is 14.0 Å². The average molecular weight is 373 g/mol. The summed E-state index contributed by atoms with van der Waals surface area (Å²) in [6, 6.07) is 6.71. The molecule has 0 saturated carbocycles. The maximum absolute atomic E-state index is 13.8. The summed E-state index contributed by atoms with van der Waals surface area (Å²) in [6.45, 7) is 6.67. The predicted molar refractivity (Wildman–Crippen MR) is 102 cm³/mol. The third-order valence-electron chi connectivity index (χ3n) is 6.46. The van der Waals surface area contributed by atoms with Crippen molar-refractivity contribution in [3.05, 3.63) is 30.1 Å². The smallest absolute Gasteiger partial charge is 0.242 e. The van der Waals surface area contributed by atoms with Crippen molar-refractivity contribution in [3.8, 4) is 0 Å². The van der Waals surface area contributed by atoms with Crippen molar-refractivity contribution in [3.63, 3.8) is 0 Å². The Labute approximate surface area is 160 Å². The molecule has 1 aromatic rings. The van der Waals surface area contributed by atoms with Gasteiger partial charge in [-0.2, -0.15) is 0 Å². The Morgan fingerprint density at radius 2 is 2.04 bits per heavy atom. The summed E-state index contributed by atoms with van der Waals surface area (Å²) in [4.78, 5) is 30.9. The van der Waals surface area contributed by atoms with Crippen molar-refractivity contribution in [1.82, 2.24) is 9.80 Å². The van der Waals surface area contributed by atoms with Crippen LogP contribution in [0.4, 0.5) is 10.1 Å². The number of halogens is 1. The summed E-state index contributed by atoms with van der Waals surface area (Å²) < 4.78 is 13.8. The third-order valence-corrected chi connectivity index (χ3v) is 6.46. The topological polar surface area (TPSA) is 43.9 Å². The Bertz CT molecular complexity index is 766. The summed E-state index contributed by atoms with van der Waals surface area (Å²) in [6.07, 6.45) is 4.20. The summed E-state index contributed by atoms with van der Waals surface area (Å²) in [5, 5.41) is 0. The van der Waals surface area contributed by atoms with E-state index < -0.39 is 0 Å². The molecule has 3 aliphatic heterocycles. The van der Waals surface area contributed by atoms with Crippen molar-refractivity contribution >= 4 is 17.5 Å². The lowest BCUT2D eigenvalue weighted by molar-refractivity contribution is -0.140. The number of benzene rings is 1. The molecule has 0 radical (unpaired) electrons. The van der Waals surface area contributed by atoms with Gasteiger partial charge in [0.05, 0.1) is 12.1 Å². The molecule has 0 aromatic heterocycles. The van der Waals surface area contributed by atoms with E-state index in [-0.39, 0.29) is 35.3 Å². The fraction of sp³-hybridized carbons (Fsp3) is 0.619. The van der Waals surface area contributed by atoms with Gasteiger partial charge in [-0.25, -0.2) is 4.39 Å². The molecule has 0 N–H and O–H groups in total. The zero-order valence-electron chi connectivity index (χ0n) is 16.2. The standard InChI is InChI=1S/C21H28FN3O2/c1-20(2)14-21(15-25(20)17-7-3-6-16(22)12-17)9-5-11-24(21)19(27)13-23-10-4-8-18(23)26/h3,6-7,12H,4-5,8-11,13-15H2,1-2H3. The van der Waals surface area contributed by atoms with Gasteiger partial charge in [-0.1, -0.05) is 6.07 Å². The van der Waals surface area contributed by atoms with Crippen LogP contribution in [-0.4, -0.2) is 58.9 Å². The zero-order valence-corrected chi connectivity index (χ0v) is 16.2. The molecule has 4 rings (SSSR count). The molecule has 0 aliphatic carbocycles. The molecule has 0 bridgehead atoms. The molecule has 1 spiro atoms. The first-order valence-corrected chi connectivity index (χ1v) is 9.92. The van der Waals surface area contributed by atoms with Crippen LogP contribution in [0.25, 0.3) is 0 Å². The van der Waals surface area contributed by atoms with Gasteiger partial charge in [0.1, 0.15) is 5.82 Å². The van der Waals surface area contributed by atoms with Gasteiger partial charge in [0.15, 0.2) is 0 Å². The van der Waals surface area contributed by atoms with Crippen molar-refractivity contribution < 1.29 is 14.0 Å². The lowest BCUT2D eigenvalue weighted by Gasteiger charge is -2.36. The Morgan fingerprint density at radius 1 is 1.22 bits per heavy atom. The van der Waals surface area contributed by atoms with Crippen molar-refractivity contribution in [2.45, 2.75) is 57.0 Å². The fourth-order valence-corrected chi connectivity index (χ4v) is 5.35. The van der Waals surface area contributed by atoms with Crippen molar-refractivity contribution in [1.29, 1.82) is 0 Å². The highest BCUT2D eigenvalue weighted by Gasteiger charge is 2.55. The molecule has 3 heterocycles. The van der Waals surface area contributed by atoms with Crippen LogP contribution >= 0.6 is 0 Å². The lowest BCUT2D eigenvalue weighted by atomic mass is 9.87. The molecule has 3 fully saturated rings. The number of hydrogen-bond acceptors (Lipinski definition) is 3. The highest BCUT2D eigenvalue weighted by atomic mass is 19.1. The van der Waals surface area contributed by atoms with Gasteiger partial charge in [-0.15, -0.1) is 0 Å². The second-order valence-electron chi connectivity index (χ2n) is 8.85. The molecule has 27 heavy (non-hydrogen) atoms. The first-order chi connectivity index (χ1) is 12.8. The van der Waals surface area contributed by atoms with Gasteiger partial charge in [0.25, 0.3) is 0 Å². The number of carbonyl (C=O) groups is 2. The number of anilines is 1. The Balaban J connectivity index is 1.56. The fourth-order valence-electron chi connectivity index (χ4n) is 5.35. The third kappa shape index (κ3) is 3.19. The number of amides is 2. The number of likely N-dealkylation sites (tertiary alicyclic amines) is 2.